The molecule has 1 aliphatic heterocycles. The zero-order chi connectivity index (χ0) is 19.8. The maximum absolute atomic E-state index is 5.40. The fourth-order valence-electron chi connectivity index (χ4n) is 3.42. The number of aliphatic imine (C=N–C) groups is 1. The Morgan fingerprint density at radius 3 is 2.64 bits per heavy atom. The zero-order valence-corrected chi connectivity index (χ0v) is 17.3. The molecule has 6 heteroatoms. The fourth-order valence-corrected chi connectivity index (χ4v) is 3.42. The molecule has 0 unspecified atom stereocenters. The number of nitrogens with one attached hydrogen (secondary N) is 2. The van der Waals surface area contributed by atoms with Gasteiger partial charge in [-0.25, -0.2) is 4.99 Å². The van der Waals surface area contributed by atoms with Crippen LogP contribution < -0.4 is 10.6 Å². The molecule has 28 heavy (non-hydrogen) atoms. The van der Waals surface area contributed by atoms with Crippen LogP contribution in [0.1, 0.15) is 56.5 Å². The second kappa shape index (κ2) is 10.3. The van der Waals surface area contributed by atoms with Gasteiger partial charge in [0.1, 0.15) is 6.54 Å². The summed E-state index contributed by atoms with van der Waals surface area (Å²) >= 11 is 0. The molecule has 0 atom stereocenters. The van der Waals surface area contributed by atoms with Gasteiger partial charge >= 0.3 is 0 Å². The summed E-state index contributed by atoms with van der Waals surface area (Å²) in [5.74, 6) is 2.03. The van der Waals surface area contributed by atoms with E-state index in [9.17, 15) is 0 Å². The van der Waals surface area contributed by atoms with Crippen molar-refractivity contribution < 1.29 is 4.52 Å². The lowest BCUT2D eigenvalue weighted by Crippen LogP contribution is -2.48. The molecular formula is C22H33N5O. The number of guanidine groups is 1. The zero-order valence-electron chi connectivity index (χ0n) is 17.3. The molecule has 1 aliphatic rings. The van der Waals surface area contributed by atoms with Gasteiger partial charge in [0, 0.05) is 38.3 Å². The minimum atomic E-state index is 0.369. The van der Waals surface area contributed by atoms with Crippen LogP contribution in [0.4, 0.5) is 0 Å². The van der Waals surface area contributed by atoms with Gasteiger partial charge in [-0.2, -0.15) is 0 Å². The van der Waals surface area contributed by atoms with Gasteiger partial charge in [-0.15, -0.1) is 0 Å². The largest absolute Gasteiger partial charge is 0.359 e. The van der Waals surface area contributed by atoms with Crippen LogP contribution in [0.3, 0.4) is 0 Å². The summed E-state index contributed by atoms with van der Waals surface area (Å²) in [4.78, 5) is 7.21. The quantitative estimate of drug-likeness (QED) is 0.566. The van der Waals surface area contributed by atoms with Crippen LogP contribution in [0.25, 0.3) is 0 Å². The number of benzene rings is 1. The van der Waals surface area contributed by atoms with Crippen molar-refractivity contribution in [1.82, 2.24) is 20.7 Å². The lowest BCUT2D eigenvalue weighted by atomic mass is 10.0. The first-order chi connectivity index (χ1) is 13.6. The normalized spacial score (nSPS) is 16.5. The van der Waals surface area contributed by atoms with Gasteiger partial charge in [0.25, 0.3) is 0 Å². The van der Waals surface area contributed by atoms with Crippen molar-refractivity contribution in [2.24, 2.45) is 4.99 Å². The first-order valence-electron chi connectivity index (χ1n) is 10.4. The average Bonchev–Trinajstić information content (AvgIpc) is 3.18. The number of aromatic nitrogens is 1. The Morgan fingerprint density at radius 1 is 1.25 bits per heavy atom. The molecular weight excluding hydrogens is 350 g/mol. The third-order valence-corrected chi connectivity index (χ3v) is 5.08. The van der Waals surface area contributed by atoms with E-state index in [2.05, 4.69) is 76.8 Å². The smallest absolute Gasteiger partial charge is 0.191 e. The molecule has 0 aliphatic carbocycles. The van der Waals surface area contributed by atoms with Crippen molar-refractivity contribution in [1.29, 1.82) is 0 Å². The topological polar surface area (TPSA) is 65.7 Å². The average molecular weight is 384 g/mol. The van der Waals surface area contributed by atoms with Gasteiger partial charge in [-0.3, -0.25) is 4.90 Å². The van der Waals surface area contributed by atoms with Gasteiger partial charge in [0.2, 0.25) is 0 Å². The van der Waals surface area contributed by atoms with E-state index in [1.54, 1.807) is 0 Å². The highest BCUT2D eigenvalue weighted by atomic mass is 16.5. The first kappa shape index (κ1) is 20.4. The number of nitrogens with zero attached hydrogens (tertiary/aromatic N) is 3. The van der Waals surface area contributed by atoms with Crippen molar-refractivity contribution in [3.05, 3.63) is 53.4 Å². The number of hydrogen-bond donors (Lipinski definition) is 2. The van der Waals surface area contributed by atoms with Gasteiger partial charge < -0.3 is 15.2 Å². The molecule has 2 heterocycles. The van der Waals surface area contributed by atoms with Crippen LogP contribution in [0, 0.1) is 0 Å². The van der Waals surface area contributed by atoms with E-state index in [-0.39, 0.29) is 0 Å². The van der Waals surface area contributed by atoms with Crippen LogP contribution in [-0.4, -0.2) is 41.7 Å². The first-order valence-corrected chi connectivity index (χ1v) is 10.4. The molecule has 3 rings (SSSR count). The van der Waals surface area contributed by atoms with E-state index in [4.69, 9.17) is 4.52 Å². The third-order valence-electron chi connectivity index (χ3n) is 5.08. The molecule has 2 aromatic rings. The molecule has 0 amide bonds. The second-order valence-electron chi connectivity index (χ2n) is 7.75. The summed E-state index contributed by atoms with van der Waals surface area (Å²) in [5.41, 5.74) is 2.37. The molecule has 0 bridgehead atoms. The molecule has 2 N–H and O–H groups in total. The molecule has 0 saturated carbocycles. The monoisotopic (exact) mass is 383 g/mol. The third kappa shape index (κ3) is 6.09. The number of likely N-dealkylation sites (tertiary alicyclic amines) is 1. The van der Waals surface area contributed by atoms with E-state index in [1.165, 1.54) is 5.56 Å². The Morgan fingerprint density at radius 2 is 2.00 bits per heavy atom. The van der Waals surface area contributed by atoms with Crippen LogP contribution in [-0.2, 0) is 13.1 Å². The highest BCUT2D eigenvalue weighted by Gasteiger charge is 2.20. The predicted octanol–water partition coefficient (Wildman–Crippen LogP) is 3.52. The number of hydrogen-bond acceptors (Lipinski definition) is 4. The summed E-state index contributed by atoms with van der Waals surface area (Å²) < 4.78 is 5.40. The molecule has 1 saturated heterocycles. The van der Waals surface area contributed by atoms with E-state index in [1.807, 2.05) is 6.07 Å². The molecule has 0 spiro atoms. The van der Waals surface area contributed by atoms with Crippen LogP contribution in [0.2, 0.25) is 0 Å². The maximum Gasteiger partial charge on any atom is 0.191 e. The Kier molecular flexibility index (Phi) is 7.48. The molecule has 1 aromatic heterocycles. The van der Waals surface area contributed by atoms with Gasteiger partial charge in [-0.05, 0) is 31.2 Å². The summed E-state index contributed by atoms with van der Waals surface area (Å²) in [6, 6.07) is 13.2. The van der Waals surface area contributed by atoms with E-state index in [0.717, 1.165) is 56.4 Å². The Labute approximate surface area is 168 Å². The van der Waals surface area contributed by atoms with Crippen molar-refractivity contribution in [3.8, 4) is 0 Å². The van der Waals surface area contributed by atoms with E-state index >= 15 is 0 Å². The van der Waals surface area contributed by atoms with E-state index in [0.29, 0.717) is 18.5 Å². The highest BCUT2D eigenvalue weighted by Crippen LogP contribution is 2.15. The Hall–Kier alpha value is -2.34. The lowest BCUT2D eigenvalue weighted by Gasteiger charge is -2.33. The summed E-state index contributed by atoms with van der Waals surface area (Å²) in [6.45, 7) is 10.9. The van der Waals surface area contributed by atoms with Gasteiger partial charge in [-0.1, -0.05) is 49.3 Å². The molecule has 6 nitrogen and oxygen atoms in total. The summed E-state index contributed by atoms with van der Waals surface area (Å²) in [7, 11) is 0. The fraction of sp³-hybridized carbons (Fsp3) is 0.545. The van der Waals surface area contributed by atoms with Crippen molar-refractivity contribution >= 4 is 5.96 Å². The van der Waals surface area contributed by atoms with Gasteiger partial charge in [0.15, 0.2) is 11.7 Å². The number of piperidine rings is 1. The van der Waals surface area contributed by atoms with Crippen LogP contribution in [0.15, 0.2) is 45.9 Å². The van der Waals surface area contributed by atoms with E-state index < -0.39 is 0 Å². The van der Waals surface area contributed by atoms with Crippen molar-refractivity contribution in [2.75, 3.05) is 19.6 Å². The SMILES string of the molecule is CCNC(=NCc1cc(C(C)C)no1)NC1CCN(Cc2ccccc2)CC1. The molecule has 1 aromatic carbocycles. The minimum Gasteiger partial charge on any atom is -0.359 e. The van der Waals surface area contributed by atoms with Crippen molar-refractivity contribution in [2.45, 2.75) is 58.7 Å². The Balaban J connectivity index is 1.48. The highest BCUT2D eigenvalue weighted by molar-refractivity contribution is 5.80. The molecule has 0 radical (unpaired) electrons. The lowest BCUT2D eigenvalue weighted by molar-refractivity contribution is 0.198. The van der Waals surface area contributed by atoms with Crippen molar-refractivity contribution in [3.63, 3.8) is 0 Å². The summed E-state index contributed by atoms with van der Waals surface area (Å²) in [5, 5.41) is 11.0. The summed E-state index contributed by atoms with van der Waals surface area (Å²) in [6.07, 6.45) is 2.24. The van der Waals surface area contributed by atoms with Crippen LogP contribution in [0.5, 0.6) is 0 Å². The van der Waals surface area contributed by atoms with Gasteiger partial charge in [0.05, 0.1) is 5.69 Å². The minimum absolute atomic E-state index is 0.369. The number of rotatable bonds is 7. The Bertz CT molecular complexity index is 732. The molecule has 1 fully saturated rings. The standard InChI is InChI=1S/C22H33N5O/c1-4-23-22(24-15-20-14-21(17(2)3)26-28-20)25-19-10-12-27(13-11-19)16-18-8-6-5-7-9-18/h5-9,14,17,19H,4,10-13,15-16H2,1-3H3,(H2,23,24,25). The molecule has 152 valence electrons. The second-order valence-corrected chi connectivity index (χ2v) is 7.75. The maximum atomic E-state index is 5.40. The van der Waals surface area contributed by atoms with Crippen LogP contribution >= 0.6 is 0 Å². The predicted molar refractivity (Wildman–Crippen MR) is 113 cm³/mol.